The Kier molecular flexibility index (Phi) is 7.53. The van der Waals surface area contributed by atoms with E-state index in [1.165, 1.54) is 7.11 Å². The maximum absolute atomic E-state index is 13.3. The number of ether oxygens (including phenoxy) is 2. The van der Waals surface area contributed by atoms with E-state index in [1.807, 2.05) is 49.3 Å². The highest BCUT2D eigenvalue weighted by atomic mass is 16.5. The zero-order valence-corrected chi connectivity index (χ0v) is 19.0. The molecule has 2 aromatic carbocycles. The van der Waals surface area contributed by atoms with Crippen LogP contribution in [0.4, 0.5) is 0 Å². The fraction of sp³-hybridized carbons (Fsp3) is 0.360. The van der Waals surface area contributed by atoms with Gasteiger partial charge in [0.25, 0.3) is 5.91 Å². The molecule has 0 bridgehead atoms. The first-order valence-corrected chi connectivity index (χ1v) is 10.5. The molecule has 0 aromatic heterocycles. The Labute approximate surface area is 188 Å². The third kappa shape index (κ3) is 4.94. The third-order valence-corrected chi connectivity index (χ3v) is 5.60. The van der Waals surface area contributed by atoms with E-state index in [0.29, 0.717) is 36.6 Å². The number of Topliss-reactive ketones (excluding diaryl/α,β-unsaturated/α-hetero) is 1. The molecule has 0 saturated carbocycles. The Bertz CT molecular complexity index is 1000. The Balaban J connectivity index is 1.96. The molecule has 0 spiro atoms. The summed E-state index contributed by atoms with van der Waals surface area (Å²) >= 11 is 0. The van der Waals surface area contributed by atoms with Crippen LogP contribution in [0.3, 0.4) is 0 Å². The van der Waals surface area contributed by atoms with Gasteiger partial charge in [-0.2, -0.15) is 0 Å². The number of ketones is 1. The van der Waals surface area contributed by atoms with Crippen molar-refractivity contribution in [2.24, 2.45) is 0 Å². The van der Waals surface area contributed by atoms with Gasteiger partial charge in [-0.3, -0.25) is 9.59 Å². The molecule has 2 aromatic rings. The minimum Gasteiger partial charge on any atom is -0.503 e. The summed E-state index contributed by atoms with van der Waals surface area (Å²) in [7, 11) is 6.89. The number of amides is 1. The van der Waals surface area contributed by atoms with Gasteiger partial charge < -0.3 is 24.4 Å². The molecule has 1 atom stereocenters. The molecule has 0 radical (unpaired) electrons. The van der Waals surface area contributed by atoms with E-state index in [-0.39, 0.29) is 17.8 Å². The highest BCUT2D eigenvalue weighted by Crippen LogP contribution is 2.41. The number of aliphatic hydroxyl groups is 1. The topological polar surface area (TPSA) is 79.3 Å². The van der Waals surface area contributed by atoms with E-state index < -0.39 is 17.7 Å². The van der Waals surface area contributed by atoms with Crippen LogP contribution in [0, 0.1) is 0 Å². The number of methoxy groups -OCH3 is 2. The summed E-state index contributed by atoms with van der Waals surface area (Å²) in [6.07, 6.45) is 0.725. The second-order valence-electron chi connectivity index (χ2n) is 7.99. The molecular weight excluding hydrogens is 408 g/mol. The van der Waals surface area contributed by atoms with Crippen molar-refractivity contribution in [2.45, 2.75) is 18.9 Å². The molecule has 0 fully saturated rings. The lowest BCUT2D eigenvalue weighted by Crippen LogP contribution is -2.36. The normalized spacial score (nSPS) is 16.1. The molecule has 32 heavy (non-hydrogen) atoms. The van der Waals surface area contributed by atoms with Crippen LogP contribution < -0.4 is 9.47 Å². The second-order valence-corrected chi connectivity index (χ2v) is 7.99. The van der Waals surface area contributed by atoms with Crippen molar-refractivity contribution in [1.29, 1.82) is 0 Å². The number of hydrogen-bond acceptors (Lipinski definition) is 6. The van der Waals surface area contributed by atoms with Crippen LogP contribution in [0.5, 0.6) is 11.5 Å². The van der Waals surface area contributed by atoms with Crippen molar-refractivity contribution in [2.75, 3.05) is 41.4 Å². The highest BCUT2D eigenvalue weighted by Gasteiger charge is 2.43. The fourth-order valence-corrected chi connectivity index (χ4v) is 3.88. The van der Waals surface area contributed by atoms with Gasteiger partial charge in [-0.15, -0.1) is 0 Å². The van der Waals surface area contributed by atoms with Crippen molar-refractivity contribution >= 4 is 11.7 Å². The van der Waals surface area contributed by atoms with E-state index >= 15 is 0 Å². The van der Waals surface area contributed by atoms with Gasteiger partial charge in [-0.25, -0.2) is 0 Å². The summed E-state index contributed by atoms with van der Waals surface area (Å²) < 4.78 is 10.7. The second kappa shape index (κ2) is 10.3. The minimum atomic E-state index is -0.689. The number of nitrogens with zero attached hydrogens (tertiary/aromatic N) is 2. The molecule has 1 amide bonds. The first kappa shape index (κ1) is 23.3. The predicted octanol–water partition coefficient (Wildman–Crippen LogP) is 3.16. The summed E-state index contributed by atoms with van der Waals surface area (Å²) in [5, 5.41) is 10.7. The van der Waals surface area contributed by atoms with E-state index in [0.717, 1.165) is 5.56 Å². The molecule has 1 heterocycles. The lowest BCUT2D eigenvalue weighted by atomic mass is 9.93. The van der Waals surface area contributed by atoms with Gasteiger partial charge in [0.15, 0.2) is 23.0 Å². The standard InChI is InChI=1S/C25H30N2O5/c1-26(2)14-15-27-23(18-11-13-20(31-3)21(16-18)32-4)22(24(29)25(27)30)19(28)12-10-17-8-6-5-7-9-17/h5-9,11,13,16,23,29H,10,12,14-15H2,1-4H3. The van der Waals surface area contributed by atoms with Gasteiger partial charge in [0.2, 0.25) is 0 Å². The van der Waals surface area contributed by atoms with Gasteiger partial charge in [-0.1, -0.05) is 36.4 Å². The van der Waals surface area contributed by atoms with Crippen molar-refractivity contribution < 1.29 is 24.2 Å². The van der Waals surface area contributed by atoms with Crippen LogP contribution in [0.2, 0.25) is 0 Å². The first-order valence-electron chi connectivity index (χ1n) is 10.5. The summed E-state index contributed by atoms with van der Waals surface area (Å²) in [5.74, 6) is -0.207. The van der Waals surface area contributed by atoms with Crippen molar-refractivity contribution in [3.05, 3.63) is 71.0 Å². The zero-order chi connectivity index (χ0) is 23.3. The Hall–Kier alpha value is -3.32. The molecular formula is C25H30N2O5. The van der Waals surface area contributed by atoms with Gasteiger partial charge in [-0.05, 0) is 43.8 Å². The summed E-state index contributed by atoms with van der Waals surface area (Å²) in [4.78, 5) is 29.7. The molecule has 1 aliphatic heterocycles. The van der Waals surface area contributed by atoms with Crippen molar-refractivity contribution in [3.8, 4) is 11.5 Å². The summed E-state index contributed by atoms with van der Waals surface area (Å²) in [6, 6.07) is 14.3. The van der Waals surface area contributed by atoms with Gasteiger partial charge in [0.1, 0.15) is 0 Å². The molecule has 0 aliphatic carbocycles. The number of benzene rings is 2. The van der Waals surface area contributed by atoms with Gasteiger partial charge in [0, 0.05) is 19.5 Å². The van der Waals surface area contributed by atoms with Crippen LogP contribution in [-0.2, 0) is 16.0 Å². The molecule has 0 saturated heterocycles. The minimum absolute atomic E-state index is 0.136. The third-order valence-electron chi connectivity index (χ3n) is 5.60. The SMILES string of the molecule is COc1ccc(C2C(C(=O)CCc3ccccc3)=C(O)C(=O)N2CCN(C)C)cc1OC. The Morgan fingerprint density at radius 3 is 2.38 bits per heavy atom. The van der Waals surface area contributed by atoms with Gasteiger partial charge >= 0.3 is 0 Å². The number of rotatable bonds is 10. The predicted molar refractivity (Wildman–Crippen MR) is 122 cm³/mol. The molecule has 170 valence electrons. The van der Waals surface area contributed by atoms with E-state index in [4.69, 9.17) is 9.47 Å². The number of carbonyl (C=O) groups is 2. The van der Waals surface area contributed by atoms with E-state index in [2.05, 4.69) is 0 Å². The Morgan fingerprint density at radius 1 is 1.06 bits per heavy atom. The average molecular weight is 439 g/mol. The van der Waals surface area contributed by atoms with Crippen LogP contribution >= 0.6 is 0 Å². The first-order chi connectivity index (χ1) is 15.4. The lowest BCUT2D eigenvalue weighted by Gasteiger charge is -2.28. The summed E-state index contributed by atoms with van der Waals surface area (Å²) in [6.45, 7) is 0.957. The Morgan fingerprint density at radius 2 is 1.75 bits per heavy atom. The van der Waals surface area contributed by atoms with E-state index in [9.17, 15) is 14.7 Å². The van der Waals surface area contributed by atoms with Crippen LogP contribution in [0.25, 0.3) is 0 Å². The molecule has 1 N–H and O–H groups in total. The van der Waals surface area contributed by atoms with E-state index in [1.54, 1.807) is 30.2 Å². The quantitative estimate of drug-likeness (QED) is 0.614. The van der Waals surface area contributed by atoms with Gasteiger partial charge in [0.05, 0.1) is 25.8 Å². The number of aryl methyl sites for hydroxylation is 1. The molecule has 1 unspecified atom stereocenters. The smallest absolute Gasteiger partial charge is 0.290 e. The van der Waals surface area contributed by atoms with Crippen LogP contribution in [0.1, 0.15) is 23.6 Å². The molecule has 3 rings (SSSR count). The zero-order valence-electron chi connectivity index (χ0n) is 19.0. The van der Waals surface area contributed by atoms with Crippen LogP contribution in [0.15, 0.2) is 59.9 Å². The molecule has 7 heteroatoms. The van der Waals surface area contributed by atoms with Crippen LogP contribution in [-0.4, -0.2) is 68.0 Å². The lowest BCUT2D eigenvalue weighted by molar-refractivity contribution is -0.129. The molecule has 1 aliphatic rings. The largest absolute Gasteiger partial charge is 0.503 e. The highest BCUT2D eigenvalue weighted by molar-refractivity contribution is 6.09. The maximum atomic E-state index is 13.3. The van der Waals surface area contributed by atoms with Crippen molar-refractivity contribution in [3.63, 3.8) is 0 Å². The number of aliphatic hydroxyl groups excluding tert-OH is 1. The number of carbonyl (C=O) groups excluding carboxylic acids is 2. The fourth-order valence-electron chi connectivity index (χ4n) is 3.88. The molecule has 7 nitrogen and oxygen atoms in total. The monoisotopic (exact) mass is 438 g/mol. The maximum Gasteiger partial charge on any atom is 0.290 e. The average Bonchev–Trinajstić information content (AvgIpc) is 3.06. The number of likely N-dealkylation sites (N-methyl/N-ethyl adjacent to an activating group) is 1. The van der Waals surface area contributed by atoms with Crippen molar-refractivity contribution in [1.82, 2.24) is 9.80 Å². The summed E-state index contributed by atoms with van der Waals surface area (Å²) in [5.41, 5.74) is 1.84. The number of hydrogen-bond donors (Lipinski definition) is 1.